The van der Waals surface area contributed by atoms with E-state index >= 15 is 0 Å². The van der Waals surface area contributed by atoms with Gasteiger partial charge in [-0.25, -0.2) is 4.79 Å². The first-order chi connectivity index (χ1) is 9.79. The van der Waals surface area contributed by atoms with Gasteiger partial charge in [-0.05, 0) is 5.56 Å². The Labute approximate surface area is 118 Å². The van der Waals surface area contributed by atoms with Gasteiger partial charge in [-0.1, -0.05) is 66.6 Å². The zero-order valence-corrected chi connectivity index (χ0v) is 10.9. The van der Waals surface area contributed by atoms with E-state index in [0.717, 1.165) is 11.1 Å². The number of rotatable bonds is 4. The molecular formula is C17H14O3. The van der Waals surface area contributed by atoms with Crippen molar-refractivity contribution in [1.29, 1.82) is 0 Å². The molecule has 1 atom stereocenters. The fraction of sp³-hybridized carbons (Fsp3) is 0.118. The quantitative estimate of drug-likeness (QED) is 0.625. The molecule has 0 saturated heterocycles. The average Bonchev–Trinajstić information content (AvgIpc) is 2.52. The van der Waals surface area contributed by atoms with Gasteiger partial charge in [-0.2, -0.15) is 0 Å². The predicted octanol–water partition coefficient (Wildman–Crippen LogP) is 3.71. The summed E-state index contributed by atoms with van der Waals surface area (Å²) in [6.45, 7) is 0.158. The molecule has 0 aliphatic carbocycles. The van der Waals surface area contributed by atoms with E-state index < -0.39 is 12.3 Å². The molecule has 0 aliphatic rings. The van der Waals surface area contributed by atoms with Crippen molar-refractivity contribution in [2.45, 2.75) is 12.7 Å². The fourth-order valence-corrected chi connectivity index (χ4v) is 1.67. The Balaban J connectivity index is 1.89. The molecule has 3 heteroatoms. The van der Waals surface area contributed by atoms with Crippen LogP contribution in [0.5, 0.6) is 0 Å². The summed E-state index contributed by atoms with van der Waals surface area (Å²) < 4.78 is 10.1. The molecule has 0 spiro atoms. The van der Waals surface area contributed by atoms with E-state index in [1.54, 1.807) is 12.1 Å². The van der Waals surface area contributed by atoms with E-state index in [-0.39, 0.29) is 6.61 Å². The van der Waals surface area contributed by atoms with E-state index in [2.05, 4.69) is 5.92 Å². The number of hydrogen-bond acceptors (Lipinski definition) is 3. The summed E-state index contributed by atoms with van der Waals surface area (Å²) in [4.78, 5) is 11.6. The van der Waals surface area contributed by atoms with Crippen LogP contribution in [0.25, 0.3) is 0 Å². The Bertz CT molecular complexity index is 585. The van der Waals surface area contributed by atoms with Crippen LogP contribution in [0.4, 0.5) is 4.79 Å². The van der Waals surface area contributed by atoms with Gasteiger partial charge in [0, 0.05) is 5.56 Å². The van der Waals surface area contributed by atoms with Gasteiger partial charge in [0.15, 0.2) is 6.10 Å². The van der Waals surface area contributed by atoms with Crippen molar-refractivity contribution in [2.75, 3.05) is 0 Å². The summed E-state index contributed by atoms with van der Waals surface area (Å²) in [6.07, 6.45) is 3.86. The zero-order chi connectivity index (χ0) is 14.2. The zero-order valence-electron chi connectivity index (χ0n) is 10.9. The molecule has 2 aromatic rings. The maximum atomic E-state index is 11.6. The second-order valence-corrected chi connectivity index (χ2v) is 4.10. The molecule has 0 saturated carbocycles. The van der Waals surface area contributed by atoms with Crippen molar-refractivity contribution in [3.63, 3.8) is 0 Å². The summed E-state index contributed by atoms with van der Waals surface area (Å²) in [7, 11) is 0. The molecule has 0 fully saturated rings. The highest BCUT2D eigenvalue weighted by Crippen LogP contribution is 2.17. The van der Waals surface area contributed by atoms with E-state index in [0.29, 0.717) is 0 Å². The third kappa shape index (κ3) is 3.89. The molecule has 0 amide bonds. The minimum Gasteiger partial charge on any atom is -0.429 e. The lowest BCUT2D eigenvalue weighted by Gasteiger charge is -2.12. The van der Waals surface area contributed by atoms with Crippen LogP contribution in [0, 0.1) is 12.3 Å². The van der Waals surface area contributed by atoms with E-state index in [1.807, 2.05) is 48.5 Å². The summed E-state index contributed by atoms with van der Waals surface area (Å²) in [5.74, 6) is 2.42. The molecule has 0 aliphatic heterocycles. The Morgan fingerprint density at radius 2 is 1.65 bits per heavy atom. The second kappa shape index (κ2) is 7.01. The van der Waals surface area contributed by atoms with Crippen LogP contribution in [-0.2, 0) is 16.1 Å². The van der Waals surface area contributed by atoms with Crippen LogP contribution < -0.4 is 0 Å². The van der Waals surface area contributed by atoms with Gasteiger partial charge in [-0.3, -0.25) is 0 Å². The number of carbonyl (C=O) groups is 1. The first-order valence-corrected chi connectivity index (χ1v) is 6.18. The maximum absolute atomic E-state index is 11.6. The third-order valence-electron chi connectivity index (χ3n) is 2.67. The van der Waals surface area contributed by atoms with E-state index in [1.165, 1.54) is 0 Å². The first kappa shape index (κ1) is 13.7. The summed E-state index contributed by atoms with van der Waals surface area (Å²) >= 11 is 0. The highest BCUT2D eigenvalue weighted by Gasteiger charge is 2.14. The Morgan fingerprint density at radius 1 is 1.05 bits per heavy atom. The van der Waals surface area contributed by atoms with Gasteiger partial charge in [0.25, 0.3) is 0 Å². The van der Waals surface area contributed by atoms with E-state index in [4.69, 9.17) is 15.9 Å². The molecule has 3 nitrogen and oxygen atoms in total. The molecule has 0 bridgehead atoms. The van der Waals surface area contributed by atoms with Crippen molar-refractivity contribution in [3.8, 4) is 12.3 Å². The standard InChI is InChI=1S/C17H14O3/c1-2-16(15-11-7-4-8-12-15)20-17(18)19-13-14-9-5-3-6-10-14/h1,3-12,16H,13H2/t16-/m1/s1. The Kier molecular flexibility index (Phi) is 4.80. The lowest BCUT2D eigenvalue weighted by molar-refractivity contribution is 0.0343. The van der Waals surface area contributed by atoms with Crippen LogP contribution in [0.2, 0.25) is 0 Å². The lowest BCUT2D eigenvalue weighted by atomic mass is 10.1. The molecule has 0 N–H and O–H groups in total. The molecule has 0 aromatic heterocycles. The molecule has 2 rings (SSSR count). The number of ether oxygens (including phenoxy) is 2. The number of benzene rings is 2. The van der Waals surface area contributed by atoms with Crippen molar-refractivity contribution in [1.82, 2.24) is 0 Å². The van der Waals surface area contributed by atoms with Crippen LogP contribution in [0.1, 0.15) is 17.2 Å². The first-order valence-electron chi connectivity index (χ1n) is 6.18. The highest BCUT2D eigenvalue weighted by molar-refractivity contribution is 5.61. The summed E-state index contributed by atoms with van der Waals surface area (Å²) in [6, 6.07) is 18.5. The van der Waals surface area contributed by atoms with E-state index in [9.17, 15) is 4.79 Å². The molecule has 0 unspecified atom stereocenters. The predicted molar refractivity (Wildman–Crippen MR) is 75.7 cm³/mol. The smallest absolute Gasteiger partial charge is 0.429 e. The molecule has 0 heterocycles. The summed E-state index contributed by atoms with van der Waals surface area (Å²) in [5, 5.41) is 0. The van der Waals surface area contributed by atoms with Crippen LogP contribution in [0.15, 0.2) is 60.7 Å². The van der Waals surface area contributed by atoms with Crippen molar-refractivity contribution in [3.05, 3.63) is 71.8 Å². The van der Waals surface area contributed by atoms with Gasteiger partial charge in [0.1, 0.15) is 6.61 Å². The SMILES string of the molecule is C#C[C@@H](OC(=O)OCc1ccccc1)c1ccccc1. The van der Waals surface area contributed by atoms with Crippen LogP contribution in [0.3, 0.4) is 0 Å². The van der Waals surface area contributed by atoms with Gasteiger partial charge in [0.2, 0.25) is 0 Å². The minimum absolute atomic E-state index is 0.158. The van der Waals surface area contributed by atoms with Gasteiger partial charge >= 0.3 is 6.16 Å². The molecule has 0 radical (unpaired) electrons. The topological polar surface area (TPSA) is 35.5 Å². The normalized spacial score (nSPS) is 11.2. The van der Waals surface area contributed by atoms with Gasteiger partial charge in [-0.15, -0.1) is 6.42 Å². The number of hydrogen-bond donors (Lipinski definition) is 0. The van der Waals surface area contributed by atoms with Crippen molar-refractivity contribution < 1.29 is 14.3 Å². The van der Waals surface area contributed by atoms with Gasteiger partial charge in [0.05, 0.1) is 0 Å². The third-order valence-corrected chi connectivity index (χ3v) is 2.67. The number of terminal acetylenes is 1. The molecule has 2 aromatic carbocycles. The Morgan fingerprint density at radius 3 is 2.25 bits per heavy atom. The monoisotopic (exact) mass is 266 g/mol. The highest BCUT2D eigenvalue weighted by atomic mass is 16.7. The van der Waals surface area contributed by atoms with Gasteiger partial charge < -0.3 is 9.47 Å². The minimum atomic E-state index is -0.777. The fourth-order valence-electron chi connectivity index (χ4n) is 1.67. The second-order valence-electron chi connectivity index (χ2n) is 4.10. The van der Waals surface area contributed by atoms with Crippen LogP contribution >= 0.6 is 0 Å². The summed E-state index contributed by atoms with van der Waals surface area (Å²) in [5.41, 5.74) is 1.63. The molecular weight excluding hydrogens is 252 g/mol. The van der Waals surface area contributed by atoms with Crippen molar-refractivity contribution >= 4 is 6.16 Å². The number of carbonyl (C=O) groups excluding carboxylic acids is 1. The van der Waals surface area contributed by atoms with Crippen LogP contribution in [-0.4, -0.2) is 6.16 Å². The molecule has 100 valence electrons. The lowest BCUT2D eigenvalue weighted by Crippen LogP contribution is -2.11. The average molecular weight is 266 g/mol. The maximum Gasteiger partial charge on any atom is 0.510 e. The van der Waals surface area contributed by atoms with Crippen molar-refractivity contribution in [2.24, 2.45) is 0 Å². The largest absolute Gasteiger partial charge is 0.510 e. The Hall–Kier alpha value is -2.73. The molecule has 20 heavy (non-hydrogen) atoms.